The second-order valence-electron chi connectivity index (χ2n) is 6.92. The van der Waals surface area contributed by atoms with Crippen LogP contribution in [0.1, 0.15) is 23.6 Å². The van der Waals surface area contributed by atoms with Gasteiger partial charge in [0.05, 0.1) is 5.41 Å². The number of aromatic nitrogens is 1. The van der Waals surface area contributed by atoms with E-state index in [1.165, 1.54) is 16.5 Å². The first kappa shape index (κ1) is 17.5. The number of fused-ring (bicyclic) bond motifs is 1. The molecule has 0 aliphatic heterocycles. The minimum Gasteiger partial charge on any atom is -0.350 e. The van der Waals surface area contributed by atoms with Gasteiger partial charge in [-0.1, -0.05) is 72.0 Å². The van der Waals surface area contributed by atoms with Gasteiger partial charge in [-0.15, -0.1) is 0 Å². The second-order valence-corrected chi connectivity index (χ2v) is 7.36. The van der Waals surface area contributed by atoms with Crippen molar-refractivity contribution >= 4 is 22.5 Å². The molecule has 1 unspecified atom stereocenters. The van der Waals surface area contributed by atoms with Gasteiger partial charge in [-0.25, -0.2) is 0 Å². The normalized spacial score (nSPS) is 13.0. The number of halogens is 1. The summed E-state index contributed by atoms with van der Waals surface area (Å²) < 4.78 is 2.17. The molecule has 0 N–H and O–H groups in total. The summed E-state index contributed by atoms with van der Waals surface area (Å²) in [7, 11) is 2.08. The van der Waals surface area contributed by atoms with E-state index in [1.807, 2.05) is 42.5 Å². The Morgan fingerprint density at radius 2 is 1.52 bits per heavy atom. The van der Waals surface area contributed by atoms with Crippen LogP contribution in [0.4, 0.5) is 0 Å². The first-order valence-corrected chi connectivity index (χ1v) is 9.34. The molecule has 1 atom stereocenters. The lowest BCUT2D eigenvalue weighted by Gasteiger charge is -2.24. The third-order valence-corrected chi connectivity index (χ3v) is 5.34. The zero-order chi connectivity index (χ0) is 18.9. The average molecular weight is 370 g/mol. The topological polar surface area (TPSA) is 4.93 Å². The van der Waals surface area contributed by atoms with Crippen molar-refractivity contribution in [2.75, 3.05) is 0 Å². The molecule has 1 aromatic heterocycles. The van der Waals surface area contributed by atoms with Crippen molar-refractivity contribution in [3.05, 3.63) is 107 Å². The molecule has 0 amide bonds. The highest BCUT2D eigenvalue weighted by Crippen LogP contribution is 2.37. The van der Waals surface area contributed by atoms with Gasteiger partial charge in [-0.05, 0) is 48.4 Å². The number of aryl methyl sites for hydroxylation is 1. The molecular weight excluding hydrogens is 350 g/mol. The van der Waals surface area contributed by atoms with Gasteiger partial charge >= 0.3 is 0 Å². The van der Waals surface area contributed by atoms with Crippen molar-refractivity contribution in [2.45, 2.75) is 12.3 Å². The molecule has 1 nitrogen and oxygen atoms in total. The van der Waals surface area contributed by atoms with Gasteiger partial charge in [0.25, 0.3) is 0 Å². The highest BCUT2D eigenvalue weighted by molar-refractivity contribution is 6.30. The van der Waals surface area contributed by atoms with Crippen molar-refractivity contribution in [1.29, 1.82) is 0 Å². The maximum absolute atomic E-state index is 6.14. The Hall–Kier alpha value is -2.95. The van der Waals surface area contributed by atoms with Crippen molar-refractivity contribution in [2.24, 2.45) is 7.05 Å². The maximum atomic E-state index is 6.14. The van der Waals surface area contributed by atoms with Gasteiger partial charge in [0.1, 0.15) is 0 Å². The lowest BCUT2D eigenvalue weighted by atomic mass is 9.76. The Kier molecular flexibility index (Phi) is 4.52. The molecule has 0 fully saturated rings. The van der Waals surface area contributed by atoms with Crippen LogP contribution >= 0.6 is 11.6 Å². The fourth-order valence-electron chi connectivity index (χ4n) is 3.54. The van der Waals surface area contributed by atoms with E-state index in [1.54, 1.807) is 0 Å². The third-order valence-electron chi connectivity index (χ3n) is 5.09. The van der Waals surface area contributed by atoms with Crippen molar-refractivity contribution in [3.8, 4) is 11.8 Å². The molecule has 1 heterocycles. The van der Waals surface area contributed by atoms with Gasteiger partial charge in [-0.2, -0.15) is 0 Å². The maximum Gasteiger partial charge on any atom is 0.0808 e. The molecule has 132 valence electrons. The summed E-state index contributed by atoms with van der Waals surface area (Å²) in [5, 5.41) is 1.95. The Balaban J connectivity index is 1.96. The van der Waals surface area contributed by atoms with E-state index in [0.29, 0.717) is 0 Å². The molecule has 2 heteroatoms. The number of para-hydroxylation sites is 1. The number of hydrogen-bond donors (Lipinski definition) is 0. The molecule has 27 heavy (non-hydrogen) atoms. The van der Waals surface area contributed by atoms with Crippen molar-refractivity contribution < 1.29 is 0 Å². The van der Waals surface area contributed by atoms with Gasteiger partial charge in [0, 0.05) is 34.7 Å². The predicted molar refractivity (Wildman–Crippen MR) is 114 cm³/mol. The molecule has 0 bridgehead atoms. The second kappa shape index (κ2) is 6.99. The fourth-order valence-corrected chi connectivity index (χ4v) is 3.66. The summed E-state index contributed by atoms with van der Waals surface area (Å²) in [6.07, 6.45) is 2.19. The van der Waals surface area contributed by atoms with E-state index >= 15 is 0 Å². The van der Waals surface area contributed by atoms with Crippen LogP contribution in [0.3, 0.4) is 0 Å². The smallest absolute Gasteiger partial charge is 0.0808 e. The van der Waals surface area contributed by atoms with Crippen LogP contribution in [0.2, 0.25) is 5.02 Å². The van der Waals surface area contributed by atoms with Crippen molar-refractivity contribution in [3.63, 3.8) is 0 Å². The summed E-state index contributed by atoms with van der Waals surface area (Å²) in [6, 6.07) is 26.6. The van der Waals surface area contributed by atoms with E-state index in [0.717, 1.165) is 16.1 Å². The Labute approximate surface area is 165 Å². The van der Waals surface area contributed by atoms with Gasteiger partial charge < -0.3 is 4.57 Å². The molecular formula is C25H20ClN. The summed E-state index contributed by atoms with van der Waals surface area (Å²) >= 11 is 6.14. The van der Waals surface area contributed by atoms with Crippen LogP contribution in [-0.4, -0.2) is 4.57 Å². The zero-order valence-electron chi connectivity index (χ0n) is 15.4. The van der Waals surface area contributed by atoms with E-state index in [-0.39, 0.29) is 0 Å². The summed E-state index contributed by atoms with van der Waals surface area (Å²) in [5.41, 5.74) is 4.09. The first-order chi connectivity index (χ1) is 13.1. The third kappa shape index (κ3) is 3.25. The predicted octanol–water partition coefficient (Wildman–Crippen LogP) is 6.19. The van der Waals surface area contributed by atoms with Crippen LogP contribution in [-0.2, 0) is 12.5 Å². The molecule has 0 aliphatic rings. The fraction of sp³-hybridized carbons (Fsp3) is 0.120. The zero-order valence-corrected chi connectivity index (χ0v) is 16.2. The Bertz CT molecular complexity index is 1140. The lowest BCUT2D eigenvalue weighted by Crippen LogP contribution is -2.21. The first-order valence-electron chi connectivity index (χ1n) is 8.97. The van der Waals surface area contributed by atoms with Gasteiger partial charge in [-0.3, -0.25) is 0 Å². The molecule has 4 aromatic rings. The monoisotopic (exact) mass is 369 g/mol. The molecule has 3 aromatic carbocycles. The lowest BCUT2D eigenvalue weighted by molar-refractivity contribution is 0.754. The standard InChI is InChI=1S/C25H20ClN/c1-25(20-12-14-21(26)15-13-20,17-16-19-8-4-3-5-9-19)23-18-27(2)24-11-7-6-10-22(23)24/h3-15,18H,1-2H3. The molecule has 0 spiro atoms. The number of hydrogen-bond acceptors (Lipinski definition) is 0. The largest absolute Gasteiger partial charge is 0.350 e. The Morgan fingerprint density at radius 1 is 0.852 bits per heavy atom. The van der Waals surface area contributed by atoms with Gasteiger partial charge in [0.15, 0.2) is 0 Å². The number of benzene rings is 3. The SMILES string of the molecule is Cn1cc(C(C)(C#Cc2ccccc2)c2ccc(Cl)cc2)c2ccccc21. The molecule has 0 saturated heterocycles. The summed E-state index contributed by atoms with van der Waals surface area (Å²) in [6.45, 7) is 2.19. The number of rotatable bonds is 2. The van der Waals surface area contributed by atoms with Crippen molar-refractivity contribution in [1.82, 2.24) is 4.57 Å². The number of nitrogens with zero attached hydrogens (tertiary/aromatic N) is 1. The molecule has 0 saturated carbocycles. The molecule has 4 rings (SSSR count). The Morgan fingerprint density at radius 3 is 2.26 bits per heavy atom. The summed E-state index contributed by atoms with van der Waals surface area (Å²) in [4.78, 5) is 0. The van der Waals surface area contributed by atoms with E-state index in [4.69, 9.17) is 11.6 Å². The van der Waals surface area contributed by atoms with E-state index < -0.39 is 5.41 Å². The molecule has 0 radical (unpaired) electrons. The molecule has 0 aliphatic carbocycles. The van der Waals surface area contributed by atoms with E-state index in [9.17, 15) is 0 Å². The average Bonchev–Trinajstić information content (AvgIpc) is 3.05. The highest BCUT2D eigenvalue weighted by atomic mass is 35.5. The van der Waals surface area contributed by atoms with Crippen LogP contribution in [0.15, 0.2) is 85.1 Å². The van der Waals surface area contributed by atoms with Crippen LogP contribution in [0.25, 0.3) is 10.9 Å². The van der Waals surface area contributed by atoms with Gasteiger partial charge in [0.2, 0.25) is 0 Å². The minimum atomic E-state index is -0.457. The minimum absolute atomic E-state index is 0.457. The summed E-state index contributed by atoms with van der Waals surface area (Å²) in [5.74, 6) is 6.94. The van der Waals surface area contributed by atoms with Crippen LogP contribution < -0.4 is 0 Å². The van der Waals surface area contributed by atoms with Crippen LogP contribution in [0.5, 0.6) is 0 Å². The van der Waals surface area contributed by atoms with Crippen LogP contribution in [0, 0.1) is 11.8 Å². The quantitative estimate of drug-likeness (QED) is 0.371. The van der Waals surface area contributed by atoms with E-state index in [2.05, 4.69) is 73.0 Å². The highest BCUT2D eigenvalue weighted by Gasteiger charge is 2.30.